The summed E-state index contributed by atoms with van der Waals surface area (Å²) < 4.78 is 57.4. The Morgan fingerprint density at radius 3 is 1.83 bits per heavy atom. The summed E-state index contributed by atoms with van der Waals surface area (Å²) in [4.78, 5) is 88.8. The fourth-order valence-electron chi connectivity index (χ4n) is 9.04. The van der Waals surface area contributed by atoms with Gasteiger partial charge in [-0.05, 0) is 61.7 Å². The zero-order valence-corrected chi connectivity index (χ0v) is 42.6. The number of amides is 2. The topological polar surface area (TPSA) is 252 Å². The van der Waals surface area contributed by atoms with Gasteiger partial charge < -0.3 is 44.5 Å². The Bertz CT molecular complexity index is 3710. The first-order chi connectivity index (χ1) is 37.5. The molecule has 7 aromatic rings. The molecular weight excluding hydrogens is 1020 g/mol. The number of hydrogen-bond acceptors (Lipinski definition) is 15. The highest BCUT2D eigenvalue weighted by atomic mass is 19.1. The van der Waals surface area contributed by atoms with E-state index in [1.807, 2.05) is 44.2 Å². The summed E-state index contributed by atoms with van der Waals surface area (Å²) in [5, 5.41) is 25.7. The third-order valence-electron chi connectivity index (χ3n) is 13.1. The van der Waals surface area contributed by atoms with Crippen LogP contribution in [0.5, 0.6) is 23.0 Å². The smallest absolute Gasteiger partial charge is 0.373 e. The molecule has 0 spiro atoms. The van der Waals surface area contributed by atoms with Crippen LogP contribution in [0.1, 0.15) is 69.3 Å². The minimum Gasteiger partial charge on any atom is -0.505 e. The predicted octanol–water partition coefficient (Wildman–Crippen LogP) is 5.77. The summed E-state index contributed by atoms with van der Waals surface area (Å²) in [6, 6.07) is 20.7. The summed E-state index contributed by atoms with van der Waals surface area (Å²) in [6.45, 7) is 8.64. The SMILES string of the molecule is CCOC(=O)c1c(OCc2ccccc2)c2ncc(Cc3ccc(F)cc3)c3c2n(c1=O)C=C(C(=O)O)O3.CNC(=O)c1c(O)c2ncc(Cc3ccc(F)cc3)c3c2n(c1=O)C=C(C(=O)NCC(C)(C)N1CCOCC1)O3. The van der Waals surface area contributed by atoms with Crippen molar-refractivity contribution in [2.75, 3.05) is 46.5 Å². The van der Waals surface area contributed by atoms with Gasteiger partial charge in [-0.3, -0.25) is 43.2 Å². The Balaban J connectivity index is 0.000000190. The third-order valence-corrected chi connectivity index (χ3v) is 13.1. The molecule has 0 saturated carbocycles. The summed E-state index contributed by atoms with van der Waals surface area (Å²) in [5.74, 6) is -5.70. The van der Waals surface area contributed by atoms with E-state index < -0.39 is 63.3 Å². The number of benzene rings is 3. The second-order valence-corrected chi connectivity index (χ2v) is 18.7. The van der Waals surface area contributed by atoms with Gasteiger partial charge in [0.1, 0.15) is 45.9 Å². The Morgan fingerprint density at radius 1 is 0.731 bits per heavy atom. The van der Waals surface area contributed by atoms with Crippen LogP contribution < -0.4 is 36.0 Å². The molecule has 0 radical (unpaired) electrons. The van der Waals surface area contributed by atoms with Crippen LogP contribution in [-0.4, -0.2) is 110 Å². The predicted molar refractivity (Wildman–Crippen MR) is 279 cm³/mol. The average Bonchev–Trinajstić information content (AvgIpc) is 3.63. The molecule has 1 saturated heterocycles. The van der Waals surface area contributed by atoms with E-state index in [0.717, 1.165) is 39.6 Å². The number of nitrogens with zero attached hydrogens (tertiary/aromatic N) is 5. The second kappa shape index (κ2) is 22.5. The molecule has 402 valence electrons. The number of pyridine rings is 4. The number of aliphatic carboxylic acids is 1. The summed E-state index contributed by atoms with van der Waals surface area (Å²) in [5.41, 5.74) is 0.493. The first kappa shape index (κ1) is 53.5. The van der Waals surface area contributed by atoms with Crippen LogP contribution in [-0.2, 0) is 38.5 Å². The molecule has 0 aliphatic carbocycles. The number of esters is 1. The average molecular weight is 1070 g/mol. The Hall–Kier alpha value is -9.28. The van der Waals surface area contributed by atoms with E-state index in [1.54, 1.807) is 31.2 Å². The number of ether oxygens (including phenoxy) is 5. The Morgan fingerprint density at radius 2 is 1.27 bits per heavy atom. The van der Waals surface area contributed by atoms with Gasteiger partial charge in [-0.25, -0.2) is 18.4 Å². The van der Waals surface area contributed by atoms with E-state index in [9.17, 15) is 47.8 Å². The van der Waals surface area contributed by atoms with Crippen LogP contribution in [0.2, 0.25) is 0 Å². The number of carbonyl (C=O) groups excluding carboxylic acids is 3. The molecule has 1 fully saturated rings. The van der Waals surface area contributed by atoms with E-state index in [1.165, 1.54) is 49.9 Å². The summed E-state index contributed by atoms with van der Waals surface area (Å²) >= 11 is 0. The number of carboxylic acid groups (broad SMARTS) is 1. The Kier molecular flexibility index (Phi) is 15.5. The van der Waals surface area contributed by atoms with Crippen molar-refractivity contribution in [2.24, 2.45) is 0 Å². The van der Waals surface area contributed by atoms with Crippen molar-refractivity contribution >= 4 is 58.2 Å². The molecule has 10 rings (SSSR count). The number of carbonyl (C=O) groups is 4. The minimum absolute atomic E-state index is 0.00302. The lowest BCUT2D eigenvalue weighted by molar-refractivity contribution is -0.135. The van der Waals surface area contributed by atoms with Crippen LogP contribution in [0.3, 0.4) is 0 Å². The van der Waals surface area contributed by atoms with Crippen LogP contribution in [0.15, 0.2) is 112 Å². The van der Waals surface area contributed by atoms with Gasteiger partial charge in [0.15, 0.2) is 28.6 Å². The van der Waals surface area contributed by atoms with E-state index in [-0.39, 0.29) is 82.5 Å². The maximum absolute atomic E-state index is 13.6. The lowest BCUT2D eigenvalue weighted by Crippen LogP contribution is -2.55. The van der Waals surface area contributed by atoms with Crippen molar-refractivity contribution in [2.45, 2.75) is 45.8 Å². The van der Waals surface area contributed by atoms with E-state index in [4.69, 9.17) is 23.7 Å². The van der Waals surface area contributed by atoms with Crippen molar-refractivity contribution in [3.05, 3.63) is 174 Å². The van der Waals surface area contributed by atoms with Gasteiger partial charge in [-0.2, -0.15) is 0 Å². The maximum Gasteiger partial charge on any atom is 0.373 e. The monoisotopic (exact) mass is 1070 g/mol. The molecule has 0 bridgehead atoms. The lowest BCUT2D eigenvalue weighted by atomic mass is 10.0. The molecular formula is C56H51F2N7O13. The van der Waals surface area contributed by atoms with E-state index in [2.05, 4.69) is 25.5 Å². The van der Waals surface area contributed by atoms with E-state index >= 15 is 0 Å². The van der Waals surface area contributed by atoms with Crippen molar-refractivity contribution in [3.63, 3.8) is 0 Å². The highest BCUT2D eigenvalue weighted by Crippen LogP contribution is 2.40. The van der Waals surface area contributed by atoms with Crippen LogP contribution in [0.4, 0.5) is 8.78 Å². The number of carboxylic acids is 1. The Labute approximate surface area is 442 Å². The second-order valence-electron chi connectivity index (χ2n) is 18.7. The van der Waals surface area contributed by atoms with Gasteiger partial charge in [-0.1, -0.05) is 54.6 Å². The number of halogens is 2. The van der Waals surface area contributed by atoms with Crippen molar-refractivity contribution < 1.29 is 61.9 Å². The van der Waals surface area contributed by atoms with Gasteiger partial charge in [0.2, 0.25) is 11.5 Å². The molecule has 2 amide bonds. The van der Waals surface area contributed by atoms with Gasteiger partial charge in [0.05, 0.1) is 32.2 Å². The number of aromatic hydroxyl groups is 1. The lowest BCUT2D eigenvalue weighted by Gasteiger charge is -2.40. The van der Waals surface area contributed by atoms with Crippen molar-refractivity contribution in [3.8, 4) is 23.0 Å². The molecule has 3 aliphatic heterocycles. The summed E-state index contributed by atoms with van der Waals surface area (Å²) in [7, 11) is 1.33. The highest BCUT2D eigenvalue weighted by molar-refractivity contribution is 6.05. The molecule has 0 atom stereocenters. The van der Waals surface area contributed by atoms with Crippen molar-refractivity contribution in [1.82, 2.24) is 34.6 Å². The quantitative estimate of drug-likeness (QED) is 0.0890. The zero-order chi connectivity index (χ0) is 55.4. The minimum atomic E-state index is -1.41. The number of morpholine rings is 1. The van der Waals surface area contributed by atoms with Crippen LogP contribution >= 0.6 is 0 Å². The molecule has 22 heteroatoms. The molecule has 4 N–H and O–H groups in total. The van der Waals surface area contributed by atoms with Gasteiger partial charge >= 0.3 is 11.9 Å². The van der Waals surface area contributed by atoms with Crippen LogP contribution in [0.25, 0.3) is 34.5 Å². The first-order valence-corrected chi connectivity index (χ1v) is 24.5. The molecule has 7 heterocycles. The highest BCUT2D eigenvalue weighted by Gasteiger charge is 2.35. The number of nitrogens with one attached hydrogen (secondary N) is 2. The molecule has 4 aromatic heterocycles. The van der Waals surface area contributed by atoms with Gasteiger partial charge in [-0.15, -0.1) is 0 Å². The molecule has 3 aliphatic rings. The fraction of sp³-hybridized carbons (Fsp3) is 0.250. The zero-order valence-electron chi connectivity index (χ0n) is 42.6. The third kappa shape index (κ3) is 10.9. The fourth-order valence-corrected chi connectivity index (χ4v) is 9.04. The van der Waals surface area contributed by atoms with E-state index in [0.29, 0.717) is 36.4 Å². The standard InChI is InChI=1S/C28H30FN5O6.C28H21FN2O7/c1-28(2,33-8-10-39-11-9-33)15-32-25(36)19-14-34-22-21(23(35)20(27(34)38)26(37)30-3)31-13-17(24(22)40-19)12-16-4-6-18(29)7-5-16;1-2-36-28(35)21-25(37-15-17-6-4-3-5-7-17)22-23-24(38-20(27(33)34)14-31(23)26(21)32)18(13-30-22)12-16-8-10-19(29)11-9-16/h4-7,13-14,35H,8-12,15H2,1-3H3,(H,30,37)(H,32,36);3-11,13-14H,2,12,15H2,1H3,(H,33,34). The van der Waals surface area contributed by atoms with Gasteiger partial charge in [0.25, 0.3) is 22.9 Å². The number of aromatic nitrogens is 4. The number of hydrogen-bond donors (Lipinski definition) is 4. The number of rotatable bonds is 15. The van der Waals surface area contributed by atoms with Crippen LogP contribution in [0, 0.1) is 11.6 Å². The maximum atomic E-state index is 13.6. The van der Waals surface area contributed by atoms with Gasteiger partial charge in [0, 0.05) is 68.6 Å². The first-order valence-electron chi connectivity index (χ1n) is 24.5. The molecule has 3 aromatic carbocycles. The largest absolute Gasteiger partial charge is 0.505 e. The van der Waals surface area contributed by atoms with Crippen molar-refractivity contribution in [1.29, 1.82) is 0 Å². The molecule has 78 heavy (non-hydrogen) atoms. The summed E-state index contributed by atoms with van der Waals surface area (Å²) in [6.07, 6.45) is 5.52. The molecule has 0 unspecified atom stereocenters. The normalized spacial score (nSPS) is 13.7. The molecule has 20 nitrogen and oxygen atoms in total.